The molecule has 1 aromatic carbocycles. The van der Waals surface area contributed by atoms with Gasteiger partial charge in [0.05, 0.1) is 0 Å². The normalized spacial score (nSPS) is 14.9. The average Bonchev–Trinajstić information content (AvgIpc) is 2.46. The Balaban J connectivity index is 2.46. The summed E-state index contributed by atoms with van der Waals surface area (Å²) in [5.74, 6) is -4.54. The van der Waals surface area contributed by atoms with Crippen LogP contribution in [-0.4, -0.2) is 35.6 Å². The number of halogens is 6. The van der Waals surface area contributed by atoms with Crippen molar-refractivity contribution in [2.75, 3.05) is 5.75 Å². The number of benzene rings is 1. The van der Waals surface area contributed by atoms with Gasteiger partial charge in [0.2, 0.25) is 11.5 Å². The van der Waals surface area contributed by atoms with Gasteiger partial charge in [0, 0.05) is 24.2 Å². The second-order valence-corrected chi connectivity index (χ2v) is 5.63. The fourth-order valence-electron chi connectivity index (χ4n) is 1.63. The molecule has 0 N–H and O–H groups in total. The molecule has 1 rings (SSSR count). The first-order valence-corrected chi connectivity index (χ1v) is 7.39. The van der Waals surface area contributed by atoms with Crippen LogP contribution in [0.25, 0.3) is 0 Å². The highest BCUT2D eigenvalue weighted by Gasteiger charge is 2.45. The van der Waals surface area contributed by atoms with E-state index in [1.807, 2.05) is 0 Å². The number of carbonyl (C=O) groups is 1. The zero-order valence-corrected chi connectivity index (χ0v) is 12.1. The van der Waals surface area contributed by atoms with Crippen LogP contribution in [0.2, 0.25) is 0 Å². The Morgan fingerprint density at radius 1 is 1.09 bits per heavy atom. The fourth-order valence-corrected chi connectivity index (χ4v) is 2.49. The fraction of sp³-hybridized carbons (Fsp3) is 0.500. The van der Waals surface area contributed by atoms with E-state index in [0.29, 0.717) is 17.3 Å². The summed E-state index contributed by atoms with van der Waals surface area (Å²) in [6.45, 7) is 0. The minimum atomic E-state index is -4.10. The van der Waals surface area contributed by atoms with Crippen LogP contribution in [0.3, 0.4) is 0 Å². The Morgan fingerprint density at radius 3 is 2.23 bits per heavy atom. The number of rotatable bonds is 8. The van der Waals surface area contributed by atoms with Crippen molar-refractivity contribution in [1.29, 1.82) is 0 Å². The Bertz CT molecular complexity index is 468. The van der Waals surface area contributed by atoms with Gasteiger partial charge in [-0.3, -0.25) is 4.79 Å². The third kappa shape index (κ3) is 5.90. The van der Waals surface area contributed by atoms with E-state index in [4.69, 9.17) is 0 Å². The molecule has 0 radical (unpaired) electrons. The summed E-state index contributed by atoms with van der Waals surface area (Å²) in [4.78, 5) is 11.6. The molecule has 1 aromatic rings. The molecule has 0 saturated carbocycles. The molecule has 0 amide bonds. The highest BCUT2D eigenvalue weighted by molar-refractivity contribution is 8.14. The molecule has 0 spiro atoms. The summed E-state index contributed by atoms with van der Waals surface area (Å²) >= 11 is 0.543. The van der Waals surface area contributed by atoms with Gasteiger partial charge in [-0.1, -0.05) is 42.1 Å². The van der Waals surface area contributed by atoms with Crippen LogP contribution >= 0.6 is 11.8 Å². The molecule has 0 aliphatic carbocycles. The first-order valence-electron chi connectivity index (χ1n) is 6.40. The molecule has 0 aliphatic heterocycles. The van der Waals surface area contributed by atoms with Gasteiger partial charge in [0.25, 0.3) is 5.92 Å². The second-order valence-electron chi connectivity index (χ2n) is 4.56. The summed E-state index contributed by atoms with van der Waals surface area (Å²) in [6, 6.07) is 7.85. The molecule has 2 atom stereocenters. The molecular weight excluding hydrogens is 330 g/mol. The minimum Gasteiger partial charge on any atom is -0.282 e. The Hall–Kier alpha value is -1.18. The summed E-state index contributed by atoms with van der Waals surface area (Å²) < 4.78 is 76.7. The van der Waals surface area contributed by atoms with Crippen molar-refractivity contribution in [3.63, 3.8) is 0 Å². The van der Waals surface area contributed by atoms with Crippen LogP contribution in [0.1, 0.15) is 23.2 Å². The zero-order chi connectivity index (χ0) is 16.8. The van der Waals surface area contributed by atoms with E-state index in [9.17, 15) is 31.1 Å². The van der Waals surface area contributed by atoms with Crippen molar-refractivity contribution >= 4 is 16.9 Å². The minimum absolute atomic E-state index is 0.300. The topological polar surface area (TPSA) is 17.1 Å². The van der Waals surface area contributed by atoms with Crippen molar-refractivity contribution in [1.82, 2.24) is 0 Å². The lowest BCUT2D eigenvalue weighted by Gasteiger charge is -2.23. The quantitative estimate of drug-likeness (QED) is 0.623. The third-order valence-corrected chi connectivity index (χ3v) is 3.71. The molecule has 0 heterocycles. The van der Waals surface area contributed by atoms with Gasteiger partial charge in [0.15, 0.2) is 6.17 Å². The van der Waals surface area contributed by atoms with Crippen LogP contribution < -0.4 is 0 Å². The predicted molar refractivity (Wildman–Crippen MR) is 73.2 cm³/mol. The van der Waals surface area contributed by atoms with Gasteiger partial charge in [-0.05, 0) is 0 Å². The molecule has 0 aromatic heterocycles. The molecular formula is C14H14F6OS. The number of hydrogen-bond acceptors (Lipinski definition) is 2. The van der Waals surface area contributed by atoms with E-state index in [1.54, 1.807) is 18.2 Å². The molecule has 0 fully saturated rings. The Kier molecular flexibility index (Phi) is 7.25. The summed E-state index contributed by atoms with van der Waals surface area (Å²) in [6.07, 6.45) is -12.1. The second kappa shape index (κ2) is 8.45. The molecule has 1 nitrogen and oxygen atoms in total. The summed E-state index contributed by atoms with van der Waals surface area (Å²) in [5, 5.41) is -0.476. The van der Waals surface area contributed by atoms with Gasteiger partial charge in [-0.15, -0.1) is 0 Å². The van der Waals surface area contributed by atoms with E-state index >= 15 is 0 Å². The lowest BCUT2D eigenvalue weighted by Crippen LogP contribution is -2.38. The van der Waals surface area contributed by atoms with E-state index in [-0.39, 0.29) is 0 Å². The summed E-state index contributed by atoms with van der Waals surface area (Å²) in [7, 11) is 0. The highest BCUT2D eigenvalue weighted by atomic mass is 32.2. The average molecular weight is 344 g/mol. The van der Waals surface area contributed by atoms with Gasteiger partial charge in [0.1, 0.15) is 6.17 Å². The standard InChI is InChI=1S/C14H14F6OS/c15-10(8-11(16)17)12(18)14(19,20)6-7-22-13(21)9-4-2-1-3-5-9/h1-5,10-12H,6-8H2. The van der Waals surface area contributed by atoms with Crippen LogP contribution in [0.5, 0.6) is 0 Å². The monoisotopic (exact) mass is 344 g/mol. The molecule has 0 aliphatic rings. The lowest BCUT2D eigenvalue weighted by atomic mass is 10.1. The van der Waals surface area contributed by atoms with Gasteiger partial charge in [-0.2, -0.15) is 0 Å². The van der Waals surface area contributed by atoms with Crippen LogP contribution in [0.15, 0.2) is 30.3 Å². The van der Waals surface area contributed by atoms with Gasteiger partial charge >= 0.3 is 0 Å². The van der Waals surface area contributed by atoms with Crippen LogP contribution in [-0.2, 0) is 0 Å². The van der Waals surface area contributed by atoms with Crippen molar-refractivity contribution in [3.8, 4) is 0 Å². The molecule has 8 heteroatoms. The SMILES string of the molecule is O=C(SCCC(F)(F)C(F)C(F)CC(F)F)c1ccccc1. The number of hydrogen-bond donors (Lipinski definition) is 0. The maximum Gasteiger partial charge on any atom is 0.282 e. The molecule has 22 heavy (non-hydrogen) atoms. The van der Waals surface area contributed by atoms with E-state index in [0.717, 1.165) is 0 Å². The number of alkyl halides is 6. The van der Waals surface area contributed by atoms with E-state index in [2.05, 4.69) is 0 Å². The van der Waals surface area contributed by atoms with E-state index in [1.165, 1.54) is 12.1 Å². The summed E-state index contributed by atoms with van der Waals surface area (Å²) in [5.41, 5.74) is 0.300. The molecule has 0 saturated heterocycles. The van der Waals surface area contributed by atoms with Gasteiger partial charge in [-0.25, -0.2) is 26.3 Å². The molecule has 0 bridgehead atoms. The van der Waals surface area contributed by atoms with Crippen molar-refractivity contribution in [2.24, 2.45) is 0 Å². The van der Waals surface area contributed by atoms with Gasteiger partial charge < -0.3 is 0 Å². The van der Waals surface area contributed by atoms with E-state index < -0.39 is 48.4 Å². The lowest BCUT2D eigenvalue weighted by molar-refractivity contribution is -0.107. The largest absolute Gasteiger partial charge is 0.282 e. The Labute approximate surface area is 128 Å². The maximum atomic E-state index is 13.4. The molecule has 124 valence electrons. The zero-order valence-electron chi connectivity index (χ0n) is 11.3. The Morgan fingerprint density at radius 2 is 1.68 bits per heavy atom. The number of thioether (sulfide) groups is 1. The van der Waals surface area contributed by atoms with Crippen molar-refractivity contribution in [3.05, 3.63) is 35.9 Å². The highest BCUT2D eigenvalue weighted by Crippen LogP contribution is 2.32. The number of carbonyl (C=O) groups excluding carboxylic acids is 1. The third-order valence-electron chi connectivity index (χ3n) is 2.80. The van der Waals surface area contributed by atoms with Crippen molar-refractivity contribution < 1.29 is 31.1 Å². The first kappa shape index (κ1) is 18.9. The maximum absolute atomic E-state index is 13.4. The molecule has 2 unspecified atom stereocenters. The van der Waals surface area contributed by atoms with Crippen LogP contribution in [0.4, 0.5) is 26.3 Å². The van der Waals surface area contributed by atoms with Crippen LogP contribution in [0, 0.1) is 0 Å². The smallest absolute Gasteiger partial charge is 0.282 e. The first-order chi connectivity index (χ1) is 10.2. The van der Waals surface area contributed by atoms with Crippen molar-refractivity contribution in [2.45, 2.75) is 37.5 Å². The predicted octanol–water partition coefficient (Wildman–Crippen LogP) is 4.92.